The predicted molar refractivity (Wildman–Crippen MR) is 91.9 cm³/mol. The lowest BCUT2D eigenvalue weighted by Gasteiger charge is -2.41. The van der Waals surface area contributed by atoms with Gasteiger partial charge in [-0.25, -0.2) is 0 Å². The Labute approximate surface area is 127 Å². The molecule has 1 fully saturated rings. The largest absolute Gasteiger partial charge is 0.0887 e. The van der Waals surface area contributed by atoms with Gasteiger partial charge in [-0.3, -0.25) is 0 Å². The molecule has 0 radical (unpaired) electrons. The van der Waals surface area contributed by atoms with Crippen molar-refractivity contribution in [2.24, 2.45) is 23.2 Å². The van der Waals surface area contributed by atoms with E-state index in [1.807, 2.05) is 0 Å². The Morgan fingerprint density at radius 2 is 2.05 bits per heavy atom. The minimum absolute atomic E-state index is 0.495. The van der Waals surface area contributed by atoms with Crippen LogP contribution in [-0.4, -0.2) is 0 Å². The van der Waals surface area contributed by atoms with Crippen LogP contribution in [0.3, 0.4) is 0 Å². The number of allylic oxidation sites excluding steroid dienone is 4. The van der Waals surface area contributed by atoms with Crippen LogP contribution >= 0.6 is 0 Å². The number of hydrogen-bond donors (Lipinski definition) is 0. The predicted octanol–water partition coefficient (Wildman–Crippen LogP) is 6.78. The highest BCUT2D eigenvalue weighted by Crippen LogP contribution is 2.44. The Morgan fingerprint density at radius 3 is 2.65 bits per heavy atom. The molecule has 0 nitrogen and oxygen atoms in total. The van der Waals surface area contributed by atoms with Crippen molar-refractivity contribution in [2.75, 3.05) is 0 Å². The van der Waals surface area contributed by atoms with Crippen LogP contribution in [0.25, 0.3) is 0 Å². The van der Waals surface area contributed by atoms with Crippen molar-refractivity contribution in [2.45, 2.75) is 80.1 Å². The van der Waals surface area contributed by atoms with Gasteiger partial charge in [0, 0.05) is 0 Å². The van der Waals surface area contributed by atoms with Gasteiger partial charge in [0.1, 0.15) is 0 Å². The lowest BCUT2D eigenvalue weighted by Crippen LogP contribution is -2.32. The summed E-state index contributed by atoms with van der Waals surface area (Å²) in [4.78, 5) is 0. The zero-order valence-electron chi connectivity index (χ0n) is 14.7. The van der Waals surface area contributed by atoms with Gasteiger partial charge in [0.2, 0.25) is 0 Å². The van der Waals surface area contributed by atoms with Crippen LogP contribution < -0.4 is 0 Å². The summed E-state index contributed by atoms with van der Waals surface area (Å²) in [5.41, 5.74) is 2.03. The van der Waals surface area contributed by atoms with Crippen molar-refractivity contribution in [3.63, 3.8) is 0 Å². The lowest BCUT2D eigenvalue weighted by atomic mass is 9.64. The second kappa shape index (κ2) is 8.05. The van der Waals surface area contributed by atoms with E-state index < -0.39 is 0 Å². The molecule has 0 aliphatic heterocycles. The van der Waals surface area contributed by atoms with Gasteiger partial charge in [0.25, 0.3) is 0 Å². The molecule has 0 amide bonds. The van der Waals surface area contributed by atoms with E-state index in [1.165, 1.54) is 44.1 Å². The first kappa shape index (κ1) is 17.5. The van der Waals surface area contributed by atoms with Gasteiger partial charge >= 0.3 is 0 Å². The molecule has 0 aromatic rings. The summed E-state index contributed by atoms with van der Waals surface area (Å²) >= 11 is 0. The molecule has 3 unspecified atom stereocenters. The topological polar surface area (TPSA) is 0 Å². The molecular formula is C20H36. The van der Waals surface area contributed by atoms with Crippen molar-refractivity contribution in [1.29, 1.82) is 0 Å². The van der Waals surface area contributed by atoms with E-state index in [9.17, 15) is 0 Å². The molecule has 0 saturated heterocycles. The summed E-state index contributed by atoms with van der Waals surface area (Å²) in [6, 6.07) is 0. The Bertz CT molecular complexity index is 332. The van der Waals surface area contributed by atoms with E-state index in [-0.39, 0.29) is 0 Å². The molecule has 0 aromatic carbocycles. The third kappa shape index (κ3) is 5.46. The van der Waals surface area contributed by atoms with Crippen LogP contribution in [-0.2, 0) is 0 Å². The highest BCUT2D eigenvalue weighted by molar-refractivity contribution is 5.01. The van der Waals surface area contributed by atoms with Crippen LogP contribution in [0.4, 0.5) is 0 Å². The normalized spacial score (nSPS) is 28.8. The van der Waals surface area contributed by atoms with Gasteiger partial charge in [-0.05, 0) is 62.7 Å². The second-order valence-corrected chi connectivity index (χ2v) is 7.77. The van der Waals surface area contributed by atoms with Crippen molar-refractivity contribution in [3.8, 4) is 0 Å². The SMILES string of the molecule is C/C=C(\C)CCCC(C)/C=C/C1C(C)CCCC1(C)C. The fraction of sp³-hybridized carbons (Fsp3) is 0.800. The smallest absolute Gasteiger partial charge is 0.0156 e. The quantitative estimate of drug-likeness (QED) is 0.469. The van der Waals surface area contributed by atoms with Gasteiger partial charge in [0.15, 0.2) is 0 Å². The van der Waals surface area contributed by atoms with Crippen molar-refractivity contribution in [1.82, 2.24) is 0 Å². The first-order valence-corrected chi connectivity index (χ1v) is 8.67. The van der Waals surface area contributed by atoms with Crippen molar-refractivity contribution >= 4 is 0 Å². The lowest BCUT2D eigenvalue weighted by molar-refractivity contribution is 0.122. The summed E-state index contributed by atoms with van der Waals surface area (Å²) in [6.07, 6.45) is 15.4. The maximum absolute atomic E-state index is 2.55. The molecule has 116 valence electrons. The summed E-state index contributed by atoms with van der Waals surface area (Å²) in [7, 11) is 0. The maximum Gasteiger partial charge on any atom is -0.0156 e. The van der Waals surface area contributed by atoms with Crippen molar-refractivity contribution < 1.29 is 0 Å². The average molecular weight is 277 g/mol. The molecule has 0 heterocycles. The third-order valence-electron chi connectivity index (χ3n) is 5.37. The van der Waals surface area contributed by atoms with Crippen LogP contribution in [0.1, 0.15) is 80.1 Å². The maximum atomic E-state index is 2.55. The van der Waals surface area contributed by atoms with Gasteiger partial charge < -0.3 is 0 Å². The minimum Gasteiger partial charge on any atom is -0.0887 e. The van der Waals surface area contributed by atoms with Gasteiger partial charge in [-0.2, -0.15) is 0 Å². The Kier molecular flexibility index (Phi) is 7.06. The van der Waals surface area contributed by atoms with Crippen LogP contribution in [0, 0.1) is 23.2 Å². The Balaban J connectivity index is 2.45. The molecule has 3 atom stereocenters. The first-order chi connectivity index (χ1) is 9.36. The van der Waals surface area contributed by atoms with E-state index in [2.05, 4.69) is 59.8 Å². The fourth-order valence-corrected chi connectivity index (χ4v) is 3.70. The molecule has 1 saturated carbocycles. The Morgan fingerprint density at radius 1 is 1.35 bits per heavy atom. The van der Waals surface area contributed by atoms with E-state index in [0.717, 1.165) is 17.8 Å². The van der Waals surface area contributed by atoms with Crippen molar-refractivity contribution in [3.05, 3.63) is 23.8 Å². The van der Waals surface area contributed by atoms with E-state index >= 15 is 0 Å². The summed E-state index contributed by atoms with van der Waals surface area (Å²) in [6.45, 7) is 14.1. The number of hydrogen-bond acceptors (Lipinski definition) is 0. The second-order valence-electron chi connectivity index (χ2n) is 7.77. The molecule has 1 aliphatic carbocycles. The highest BCUT2D eigenvalue weighted by Gasteiger charge is 2.34. The molecule has 0 N–H and O–H groups in total. The molecule has 0 spiro atoms. The van der Waals surface area contributed by atoms with Crippen LogP contribution in [0.5, 0.6) is 0 Å². The highest BCUT2D eigenvalue weighted by atomic mass is 14.4. The van der Waals surface area contributed by atoms with Gasteiger partial charge in [0.05, 0.1) is 0 Å². The summed E-state index contributed by atoms with van der Waals surface area (Å²) in [5, 5.41) is 0. The Hall–Kier alpha value is -0.520. The van der Waals surface area contributed by atoms with Crippen LogP contribution in [0.15, 0.2) is 23.8 Å². The molecule has 0 heteroatoms. The fourth-order valence-electron chi connectivity index (χ4n) is 3.70. The zero-order valence-corrected chi connectivity index (χ0v) is 14.7. The number of rotatable bonds is 6. The standard InChI is InChI=1S/C20H36/c1-7-16(2)10-8-11-17(3)13-14-19-18(4)12-9-15-20(19,5)6/h7,13-14,17-19H,8-12,15H2,1-6H3/b14-13+,16-7+. The monoisotopic (exact) mass is 276 g/mol. The van der Waals surface area contributed by atoms with Crippen LogP contribution in [0.2, 0.25) is 0 Å². The molecular weight excluding hydrogens is 240 g/mol. The minimum atomic E-state index is 0.495. The molecule has 20 heavy (non-hydrogen) atoms. The van der Waals surface area contributed by atoms with E-state index in [0.29, 0.717) is 5.41 Å². The molecule has 1 aliphatic rings. The van der Waals surface area contributed by atoms with E-state index in [1.54, 1.807) is 0 Å². The molecule has 0 aromatic heterocycles. The van der Waals surface area contributed by atoms with Gasteiger partial charge in [-0.1, -0.05) is 64.3 Å². The molecule has 0 bridgehead atoms. The van der Waals surface area contributed by atoms with Gasteiger partial charge in [-0.15, -0.1) is 0 Å². The van der Waals surface area contributed by atoms with E-state index in [4.69, 9.17) is 0 Å². The summed E-state index contributed by atoms with van der Waals surface area (Å²) in [5.74, 6) is 2.35. The molecule has 1 rings (SSSR count). The summed E-state index contributed by atoms with van der Waals surface area (Å²) < 4.78 is 0. The zero-order chi connectivity index (χ0) is 15.2. The first-order valence-electron chi connectivity index (χ1n) is 8.67. The average Bonchev–Trinajstić information content (AvgIpc) is 2.37. The third-order valence-corrected chi connectivity index (χ3v) is 5.37.